The third kappa shape index (κ3) is 7.04. The molecule has 1 amide bonds. The smallest absolute Gasteiger partial charge is 0.348 e. The zero-order valence-corrected chi connectivity index (χ0v) is 22.2. The first-order valence-corrected chi connectivity index (χ1v) is 13.1. The molecule has 0 bridgehead atoms. The first-order chi connectivity index (χ1) is 18.8. The number of hydrogen-bond donors (Lipinski definition) is 1. The van der Waals surface area contributed by atoms with Crippen molar-refractivity contribution in [3.05, 3.63) is 106 Å². The SMILES string of the molecule is CC(C)c1nnc(SCc2ccc(C(=O)NCc3cccc(C(F)(F)F)c3)cc2)n1-c1cccc(C(F)(F)F)c1. The average Bonchev–Trinajstić information content (AvgIpc) is 3.34. The highest BCUT2D eigenvalue weighted by Crippen LogP contribution is 2.33. The van der Waals surface area contributed by atoms with Crippen LogP contribution in [-0.4, -0.2) is 20.7 Å². The quantitative estimate of drug-likeness (QED) is 0.172. The number of nitrogens with one attached hydrogen (secondary N) is 1. The second-order valence-corrected chi connectivity index (χ2v) is 10.2. The summed E-state index contributed by atoms with van der Waals surface area (Å²) in [5.41, 5.74) is 0.219. The van der Waals surface area contributed by atoms with E-state index in [1.165, 1.54) is 30.0 Å². The standard InChI is InChI=1S/C28H24F6N4OS/c1-17(2)24-36-37-26(38(24)23-8-4-7-22(14-23)28(32,33)34)40-16-18-9-11-20(12-10-18)25(39)35-15-19-5-3-6-21(13-19)27(29,30)31/h3-14,17H,15-16H2,1-2H3,(H,35,39). The van der Waals surface area contributed by atoms with Crippen LogP contribution in [-0.2, 0) is 24.7 Å². The van der Waals surface area contributed by atoms with Crippen LogP contribution in [0.15, 0.2) is 78.0 Å². The molecule has 0 saturated carbocycles. The van der Waals surface area contributed by atoms with Gasteiger partial charge in [0, 0.05) is 23.8 Å². The van der Waals surface area contributed by atoms with Gasteiger partial charge in [0.1, 0.15) is 5.82 Å². The number of thioether (sulfide) groups is 1. The highest BCUT2D eigenvalue weighted by atomic mass is 32.2. The van der Waals surface area contributed by atoms with Crippen molar-refractivity contribution in [2.24, 2.45) is 0 Å². The second-order valence-electron chi connectivity index (χ2n) is 9.25. The first kappa shape index (κ1) is 29.2. The molecule has 0 aliphatic heterocycles. The summed E-state index contributed by atoms with van der Waals surface area (Å²) in [6, 6.07) is 16.3. The molecule has 0 radical (unpaired) electrons. The Kier molecular flexibility index (Phi) is 8.57. The van der Waals surface area contributed by atoms with Crippen LogP contribution in [0.2, 0.25) is 0 Å². The molecule has 0 atom stereocenters. The van der Waals surface area contributed by atoms with Crippen LogP contribution in [0.3, 0.4) is 0 Å². The lowest BCUT2D eigenvalue weighted by atomic mass is 10.1. The summed E-state index contributed by atoms with van der Waals surface area (Å²) in [7, 11) is 0. The molecule has 210 valence electrons. The van der Waals surface area contributed by atoms with Crippen LogP contribution in [0.4, 0.5) is 26.3 Å². The second kappa shape index (κ2) is 11.7. The van der Waals surface area contributed by atoms with Crippen molar-refractivity contribution in [2.75, 3.05) is 0 Å². The summed E-state index contributed by atoms with van der Waals surface area (Å²) in [6.07, 6.45) is -8.96. The minimum atomic E-state index is -4.49. The van der Waals surface area contributed by atoms with E-state index in [0.717, 1.165) is 29.8 Å². The van der Waals surface area contributed by atoms with E-state index in [-0.39, 0.29) is 12.5 Å². The minimum absolute atomic E-state index is 0.0657. The average molecular weight is 579 g/mol. The molecule has 40 heavy (non-hydrogen) atoms. The van der Waals surface area contributed by atoms with Crippen molar-refractivity contribution in [3.63, 3.8) is 0 Å². The van der Waals surface area contributed by atoms with Crippen molar-refractivity contribution < 1.29 is 31.1 Å². The van der Waals surface area contributed by atoms with Gasteiger partial charge in [-0.05, 0) is 53.6 Å². The maximum absolute atomic E-state index is 13.3. The molecule has 1 heterocycles. The number of carbonyl (C=O) groups is 1. The fourth-order valence-electron chi connectivity index (χ4n) is 3.85. The van der Waals surface area contributed by atoms with Crippen molar-refractivity contribution >= 4 is 17.7 Å². The Labute approximate surface area is 230 Å². The summed E-state index contributed by atoms with van der Waals surface area (Å²) in [5, 5.41) is 11.4. The molecule has 12 heteroatoms. The number of aromatic nitrogens is 3. The summed E-state index contributed by atoms with van der Waals surface area (Å²) in [4.78, 5) is 12.5. The molecule has 1 N–H and O–H groups in total. The van der Waals surface area contributed by atoms with E-state index >= 15 is 0 Å². The van der Waals surface area contributed by atoms with Crippen molar-refractivity contribution in [3.8, 4) is 5.69 Å². The van der Waals surface area contributed by atoms with E-state index in [1.54, 1.807) is 34.9 Å². The van der Waals surface area contributed by atoms with Crippen LogP contribution >= 0.6 is 11.8 Å². The maximum atomic E-state index is 13.3. The van der Waals surface area contributed by atoms with Gasteiger partial charge in [-0.15, -0.1) is 10.2 Å². The molecule has 0 saturated heterocycles. The van der Waals surface area contributed by atoms with Gasteiger partial charge >= 0.3 is 12.4 Å². The number of amides is 1. The van der Waals surface area contributed by atoms with Gasteiger partial charge in [-0.25, -0.2) is 0 Å². The van der Waals surface area contributed by atoms with Crippen LogP contribution < -0.4 is 5.32 Å². The lowest BCUT2D eigenvalue weighted by Gasteiger charge is -2.14. The molecule has 0 unspecified atom stereocenters. The summed E-state index contributed by atoms with van der Waals surface area (Å²) >= 11 is 1.29. The van der Waals surface area contributed by atoms with Gasteiger partial charge in [0.2, 0.25) is 0 Å². The molecule has 3 aromatic carbocycles. The van der Waals surface area contributed by atoms with E-state index in [1.807, 2.05) is 13.8 Å². The predicted octanol–water partition coefficient (Wildman–Crippen LogP) is 7.65. The topological polar surface area (TPSA) is 59.8 Å². The first-order valence-electron chi connectivity index (χ1n) is 12.1. The minimum Gasteiger partial charge on any atom is -0.348 e. The maximum Gasteiger partial charge on any atom is 0.416 e. The Hall–Kier alpha value is -3.80. The number of carbonyl (C=O) groups excluding carboxylic acids is 1. The lowest BCUT2D eigenvalue weighted by molar-refractivity contribution is -0.138. The third-order valence-electron chi connectivity index (χ3n) is 5.90. The Morgan fingerprint density at radius 2 is 1.48 bits per heavy atom. The molecular weight excluding hydrogens is 554 g/mol. The van der Waals surface area contributed by atoms with E-state index in [9.17, 15) is 31.1 Å². The van der Waals surface area contributed by atoms with Gasteiger partial charge in [0.15, 0.2) is 5.16 Å². The molecule has 1 aromatic heterocycles. The number of rotatable bonds is 8. The molecule has 4 rings (SSSR count). The van der Waals surface area contributed by atoms with Gasteiger partial charge in [-0.2, -0.15) is 26.3 Å². The number of benzene rings is 3. The number of halogens is 6. The number of hydrogen-bond acceptors (Lipinski definition) is 4. The largest absolute Gasteiger partial charge is 0.416 e. The van der Waals surface area contributed by atoms with Gasteiger partial charge in [0.05, 0.1) is 16.8 Å². The van der Waals surface area contributed by atoms with Gasteiger partial charge < -0.3 is 5.32 Å². The van der Waals surface area contributed by atoms with Crippen LogP contribution in [0, 0.1) is 0 Å². The number of nitrogens with zero attached hydrogens (tertiary/aromatic N) is 3. The molecule has 0 aliphatic rings. The predicted molar refractivity (Wildman–Crippen MR) is 139 cm³/mol. The molecule has 0 spiro atoms. The van der Waals surface area contributed by atoms with Crippen molar-refractivity contribution in [2.45, 2.75) is 49.6 Å². The van der Waals surface area contributed by atoms with Crippen molar-refractivity contribution in [1.82, 2.24) is 20.1 Å². The molecule has 4 aromatic rings. The Morgan fingerprint density at radius 1 is 0.850 bits per heavy atom. The zero-order chi connectivity index (χ0) is 29.1. The monoisotopic (exact) mass is 578 g/mol. The highest BCUT2D eigenvalue weighted by molar-refractivity contribution is 7.98. The fraction of sp³-hybridized carbons (Fsp3) is 0.250. The van der Waals surface area contributed by atoms with E-state index < -0.39 is 29.4 Å². The van der Waals surface area contributed by atoms with Gasteiger partial charge in [-0.3, -0.25) is 9.36 Å². The third-order valence-corrected chi connectivity index (χ3v) is 6.90. The van der Waals surface area contributed by atoms with E-state index in [0.29, 0.717) is 33.5 Å². The van der Waals surface area contributed by atoms with E-state index in [2.05, 4.69) is 15.5 Å². The highest BCUT2D eigenvalue weighted by Gasteiger charge is 2.31. The molecule has 5 nitrogen and oxygen atoms in total. The Bertz CT molecular complexity index is 1480. The fourth-order valence-corrected chi connectivity index (χ4v) is 4.77. The van der Waals surface area contributed by atoms with Crippen molar-refractivity contribution in [1.29, 1.82) is 0 Å². The van der Waals surface area contributed by atoms with Crippen LogP contribution in [0.5, 0.6) is 0 Å². The number of alkyl halides is 6. The summed E-state index contributed by atoms with van der Waals surface area (Å²) in [5.74, 6) is 0.392. The molecular formula is C28H24F6N4OS. The van der Waals surface area contributed by atoms with Gasteiger partial charge in [-0.1, -0.05) is 55.9 Å². The van der Waals surface area contributed by atoms with Crippen LogP contribution in [0.1, 0.15) is 58.2 Å². The normalized spacial score (nSPS) is 12.1. The van der Waals surface area contributed by atoms with Gasteiger partial charge in [0.25, 0.3) is 5.91 Å². The Morgan fingerprint density at radius 3 is 2.10 bits per heavy atom. The molecule has 0 fully saturated rings. The Balaban J connectivity index is 1.43. The van der Waals surface area contributed by atoms with E-state index in [4.69, 9.17) is 0 Å². The molecule has 0 aliphatic carbocycles. The summed E-state index contributed by atoms with van der Waals surface area (Å²) in [6.45, 7) is 3.68. The zero-order valence-electron chi connectivity index (χ0n) is 21.3. The lowest BCUT2D eigenvalue weighted by Crippen LogP contribution is -2.23. The van der Waals surface area contributed by atoms with Crippen LogP contribution in [0.25, 0.3) is 5.69 Å². The summed E-state index contributed by atoms with van der Waals surface area (Å²) < 4.78 is 80.2.